The largest absolute Gasteiger partial charge is 0.493 e. The van der Waals surface area contributed by atoms with Gasteiger partial charge < -0.3 is 10.5 Å². The van der Waals surface area contributed by atoms with Crippen molar-refractivity contribution in [2.24, 2.45) is 0 Å². The summed E-state index contributed by atoms with van der Waals surface area (Å²) in [6, 6.07) is 2.28. The Kier molecular flexibility index (Phi) is 3.48. The molecule has 2 amide bonds. The normalized spacial score (nSPS) is 12.7. The van der Waals surface area contributed by atoms with Crippen molar-refractivity contribution >= 4 is 23.3 Å². The van der Waals surface area contributed by atoms with Crippen molar-refractivity contribution < 1.29 is 23.6 Å². The molecular weight excluding hydrogens is 339 g/mol. The van der Waals surface area contributed by atoms with Crippen molar-refractivity contribution in [2.45, 2.75) is 0 Å². The highest BCUT2D eigenvalue weighted by molar-refractivity contribution is 6.23. The highest BCUT2D eigenvalue weighted by atomic mass is 19.1. The molecule has 2 heterocycles. The van der Waals surface area contributed by atoms with E-state index in [4.69, 9.17) is 5.73 Å². The first-order valence-electron chi connectivity index (χ1n) is 6.69. The van der Waals surface area contributed by atoms with Gasteiger partial charge in [-0.05, 0) is 0 Å². The van der Waals surface area contributed by atoms with Crippen LogP contribution in [0.1, 0.15) is 20.7 Å². The zero-order chi connectivity index (χ0) is 18.5. The van der Waals surface area contributed by atoms with Crippen LogP contribution >= 0.6 is 0 Å². The number of amides is 2. The van der Waals surface area contributed by atoms with E-state index in [2.05, 4.69) is 4.74 Å². The third kappa shape index (κ3) is 2.29. The number of methoxy groups -OCH3 is 1. The van der Waals surface area contributed by atoms with E-state index < -0.39 is 51.1 Å². The molecule has 10 nitrogen and oxygen atoms in total. The van der Waals surface area contributed by atoms with Crippen molar-refractivity contribution in [3.8, 4) is 11.4 Å². The summed E-state index contributed by atoms with van der Waals surface area (Å²) in [4.78, 5) is 46.2. The average Bonchev–Trinajstić information content (AvgIpc) is 2.81. The standard InChI is InChI=1S/C14H9FN4O6/c1-25-9-4-8(19(23)24)7(3-6(9)15)18-10(20)2-5-11(12(18)16)14(22)17-13(5)21/h2-4H,16H2,1H3,(H,17,21,22). The number of anilines is 1. The fourth-order valence-electron chi connectivity index (χ4n) is 2.54. The second-order valence-corrected chi connectivity index (χ2v) is 5.01. The number of hydrogen-bond acceptors (Lipinski definition) is 7. The fraction of sp³-hybridized carbons (Fsp3) is 0.0714. The molecule has 1 aromatic heterocycles. The van der Waals surface area contributed by atoms with E-state index in [0.717, 1.165) is 19.2 Å². The number of nitrogens with two attached hydrogens (primary N) is 1. The Hall–Kier alpha value is -3.76. The van der Waals surface area contributed by atoms with Gasteiger partial charge in [0.2, 0.25) is 0 Å². The van der Waals surface area contributed by atoms with Crippen LogP contribution in [0.2, 0.25) is 0 Å². The maximum absolute atomic E-state index is 14.0. The Morgan fingerprint density at radius 3 is 2.52 bits per heavy atom. The van der Waals surface area contributed by atoms with Gasteiger partial charge in [0.1, 0.15) is 11.5 Å². The van der Waals surface area contributed by atoms with Gasteiger partial charge in [-0.3, -0.25) is 34.4 Å². The molecule has 3 rings (SSSR count). The molecule has 1 aliphatic heterocycles. The minimum Gasteiger partial charge on any atom is -0.493 e. The number of rotatable bonds is 3. The highest BCUT2D eigenvalue weighted by Gasteiger charge is 2.33. The summed E-state index contributed by atoms with van der Waals surface area (Å²) in [5.41, 5.74) is 3.12. The van der Waals surface area contributed by atoms with Crippen LogP contribution in [0, 0.1) is 15.9 Å². The maximum Gasteiger partial charge on any atom is 0.297 e. The van der Waals surface area contributed by atoms with Crippen molar-refractivity contribution in [3.63, 3.8) is 0 Å². The zero-order valence-corrected chi connectivity index (χ0v) is 12.5. The number of hydrogen-bond donors (Lipinski definition) is 2. The number of imide groups is 1. The van der Waals surface area contributed by atoms with E-state index in [1.165, 1.54) is 0 Å². The van der Waals surface area contributed by atoms with Crippen molar-refractivity contribution in [3.05, 3.63) is 55.6 Å². The van der Waals surface area contributed by atoms with Crippen LogP contribution in [0.15, 0.2) is 23.0 Å². The lowest BCUT2D eigenvalue weighted by Crippen LogP contribution is -2.25. The summed E-state index contributed by atoms with van der Waals surface area (Å²) in [7, 11) is 1.12. The minimum atomic E-state index is -0.976. The Bertz CT molecular complexity index is 1030. The summed E-state index contributed by atoms with van der Waals surface area (Å²) < 4.78 is 19.3. The lowest BCUT2D eigenvalue weighted by atomic mass is 10.1. The summed E-state index contributed by atoms with van der Waals surface area (Å²) in [6.45, 7) is 0. The Balaban J connectivity index is 2.39. The molecule has 3 N–H and O–H groups in total. The summed E-state index contributed by atoms with van der Waals surface area (Å²) >= 11 is 0. The first kappa shape index (κ1) is 16.1. The monoisotopic (exact) mass is 348 g/mol. The number of pyridine rings is 1. The number of benzene rings is 1. The van der Waals surface area contributed by atoms with E-state index in [1.807, 2.05) is 5.32 Å². The second kappa shape index (κ2) is 5.40. The lowest BCUT2D eigenvalue weighted by Gasteiger charge is -2.13. The zero-order valence-electron chi connectivity index (χ0n) is 12.5. The lowest BCUT2D eigenvalue weighted by molar-refractivity contribution is -0.384. The molecule has 0 aliphatic carbocycles. The molecule has 0 saturated heterocycles. The maximum atomic E-state index is 14.0. The highest BCUT2D eigenvalue weighted by Crippen LogP contribution is 2.32. The van der Waals surface area contributed by atoms with E-state index in [9.17, 15) is 28.9 Å². The molecule has 25 heavy (non-hydrogen) atoms. The predicted molar refractivity (Wildman–Crippen MR) is 81.4 cm³/mol. The van der Waals surface area contributed by atoms with Crippen molar-refractivity contribution in [2.75, 3.05) is 12.8 Å². The minimum absolute atomic E-state index is 0.250. The van der Waals surface area contributed by atoms with Crippen molar-refractivity contribution in [1.82, 2.24) is 9.88 Å². The third-order valence-electron chi connectivity index (χ3n) is 3.64. The summed E-state index contributed by atoms with van der Waals surface area (Å²) in [5, 5.41) is 13.2. The summed E-state index contributed by atoms with van der Waals surface area (Å²) in [5.74, 6) is -3.57. The van der Waals surface area contributed by atoms with Gasteiger partial charge in [0.25, 0.3) is 23.1 Å². The molecule has 0 spiro atoms. The van der Waals surface area contributed by atoms with Crippen LogP contribution in [0.4, 0.5) is 15.9 Å². The smallest absolute Gasteiger partial charge is 0.297 e. The molecule has 0 bridgehead atoms. The van der Waals surface area contributed by atoms with Gasteiger partial charge in [0, 0.05) is 12.1 Å². The number of fused-ring (bicyclic) bond motifs is 1. The second-order valence-electron chi connectivity index (χ2n) is 5.01. The van der Waals surface area contributed by atoms with Crippen LogP contribution in [-0.4, -0.2) is 28.4 Å². The van der Waals surface area contributed by atoms with Gasteiger partial charge in [0.05, 0.1) is 29.2 Å². The molecule has 0 fully saturated rings. The van der Waals surface area contributed by atoms with Crippen LogP contribution < -0.4 is 21.3 Å². The number of nitrogen functional groups attached to an aromatic ring is 1. The SMILES string of the molecule is COc1cc([N+](=O)[O-])c(-n2c(N)c3c(cc2=O)C(=O)NC3=O)cc1F. The van der Waals surface area contributed by atoms with Gasteiger partial charge in [0.15, 0.2) is 11.6 Å². The fourth-order valence-corrected chi connectivity index (χ4v) is 2.54. The molecular formula is C14H9FN4O6. The van der Waals surface area contributed by atoms with Gasteiger partial charge >= 0.3 is 0 Å². The number of nitro benzene ring substituents is 1. The number of carbonyl (C=O) groups is 2. The molecule has 1 aromatic carbocycles. The molecule has 0 atom stereocenters. The molecule has 2 aromatic rings. The number of aromatic nitrogens is 1. The number of ether oxygens (including phenoxy) is 1. The molecule has 0 radical (unpaired) electrons. The molecule has 0 saturated carbocycles. The first-order valence-corrected chi connectivity index (χ1v) is 6.69. The van der Waals surface area contributed by atoms with E-state index in [0.29, 0.717) is 10.6 Å². The number of halogens is 1. The number of nitro groups is 1. The number of nitrogens with zero attached hydrogens (tertiary/aromatic N) is 2. The number of nitrogens with one attached hydrogen (secondary N) is 1. The van der Waals surface area contributed by atoms with Crippen molar-refractivity contribution in [1.29, 1.82) is 0 Å². The molecule has 1 aliphatic rings. The van der Waals surface area contributed by atoms with Gasteiger partial charge in [-0.2, -0.15) is 0 Å². The van der Waals surface area contributed by atoms with E-state index >= 15 is 0 Å². The van der Waals surface area contributed by atoms with Crippen LogP contribution in [0.25, 0.3) is 5.69 Å². The summed E-state index contributed by atoms with van der Waals surface area (Å²) in [6.07, 6.45) is 0. The number of carbonyl (C=O) groups excluding carboxylic acids is 2. The molecule has 11 heteroatoms. The van der Waals surface area contributed by atoms with Crippen LogP contribution in [-0.2, 0) is 0 Å². The van der Waals surface area contributed by atoms with Gasteiger partial charge in [-0.1, -0.05) is 0 Å². The van der Waals surface area contributed by atoms with Gasteiger partial charge in [-0.25, -0.2) is 4.39 Å². The van der Waals surface area contributed by atoms with E-state index in [1.54, 1.807) is 0 Å². The average molecular weight is 348 g/mol. The topological polar surface area (TPSA) is 147 Å². The Labute approximate surface area is 137 Å². The molecule has 128 valence electrons. The Morgan fingerprint density at radius 2 is 1.92 bits per heavy atom. The molecule has 0 unspecified atom stereocenters. The Morgan fingerprint density at radius 1 is 1.24 bits per heavy atom. The predicted octanol–water partition coefficient (Wildman–Crippen LogP) is 0.359. The van der Waals surface area contributed by atoms with Gasteiger partial charge in [-0.15, -0.1) is 0 Å². The quantitative estimate of drug-likeness (QED) is 0.462. The first-order chi connectivity index (χ1) is 11.8. The third-order valence-corrected chi connectivity index (χ3v) is 3.64. The van der Waals surface area contributed by atoms with E-state index in [-0.39, 0.29) is 11.1 Å². The van der Waals surface area contributed by atoms with Crippen LogP contribution in [0.3, 0.4) is 0 Å². The van der Waals surface area contributed by atoms with Crippen LogP contribution in [0.5, 0.6) is 5.75 Å².